The monoisotopic (exact) mass is 340 g/mol. The second-order valence-electron chi connectivity index (χ2n) is 5.09. The molecule has 3 rings (SSSR count). The molecular weight excluding hydrogens is 324 g/mol. The molecular formula is C19H17BrO. The van der Waals surface area contributed by atoms with Gasteiger partial charge in [0.05, 0.1) is 7.11 Å². The van der Waals surface area contributed by atoms with Crippen molar-refractivity contribution in [3.8, 4) is 5.75 Å². The Bertz CT molecular complexity index is 746. The van der Waals surface area contributed by atoms with Crippen molar-refractivity contribution in [2.24, 2.45) is 0 Å². The quantitative estimate of drug-likeness (QED) is 0.567. The van der Waals surface area contributed by atoms with E-state index >= 15 is 0 Å². The number of alkyl halides is 1. The molecule has 0 fully saturated rings. The van der Waals surface area contributed by atoms with Crippen LogP contribution < -0.4 is 4.74 Å². The van der Waals surface area contributed by atoms with Crippen molar-refractivity contribution in [1.29, 1.82) is 0 Å². The second-order valence-corrected chi connectivity index (χ2v) is 6.19. The van der Waals surface area contributed by atoms with Crippen molar-refractivity contribution in [3.63, 3.8) is 0 Å². The molecule has 3 aromatic rings. The van der Waals surface area contributed by atoms with E-state index in [1.54, 1.807) is 7.11 Å². The maximum atomic E-state index is 5.30. The van der Waals surface area contributed by atoms with Gasteiger partial charge in [0.25, 0.3) is 0 Å². The third-order valence-corrected chi connectivity index (χ3v) is 4.59. The third kappa shape index (κ3) is 3.11. The van der Waals surface area contributed by atoms with E-state index in [0.717, 1.165) is 12.2 Å². The van der Waals surface area contributed by atoms with Gasteiger partial charge < -0.3 is 4.74 Å². The van der Waals surface area contributed by atoms with Gasteiger partial charge in [0, 0.05) is 4.83 Å². The smallest absolute Gasteiger partial charge is 0.119 e. The molecule has 0 aliphatic rings. The van der Waals surface area contributed by atoms with Crippen molar-refractivity contribution in [3.05, 3.63) is 77.9 Å². The molecule has 0 saturated carbocycles. The minimum Gasteiger partial charge on any atom is -0.497 e. The fraction of sp³-hybridized carbons (Fsp3) is 0.158. The Hall–Kier alpha value is -1.80. The predicted octanol–water partition coefficient (Wildman–Crippen LogP) is 5.53. The summed E-state index contributed by atoms with van der Waals surface area (Å²) in [5.74, 6) is 0.898. The summed E-state index contributed by atoms with van der Waals surface area (Å²) in [6.45, 7) is 0. The van der Waals surface area contributed by atoms with Gasteiger partial charge in [-0.2, -0.15) is 0 Å². The second kappa shape index (κ2) is 6.31. The van der Waals surface area contributed by atoms with Crippen LogP contribution in [0.15, 0.2) is 66.7 Å². The number of rotatable bonds is 4. The summed E-state index contributed by atoms with van der Waals surface area (Å²) in [4.78, 5) is 0.276. The zero-order chi connectivity index (χ0) is 14.7. The van der Waals surface area contributed by atoms with Crippen LogP contribution in [-0.2, 0) is 6.42 Å². The molecule has 106 valence electrons. The zero-order valence-corrected chi connectivity index (χ0v) is 13.5. The highest BCUT2D eigenvalue weighted by Gasteiger charge is 2.11. The van der Waals surface area contributed by atoms with Gasteiger partial charge >= 0.3 is 0 Å². The molecule has 1 nitrogen and oxygen atoms in total. The molecule has 1 atom stereocenters. The van der Waals surface area contributed by atoms with Gasteiger partial charge in [-0.05, 0) is 40.5 Å². The molecule has 0 amide bonds. The predicted molar refractivity (Wildman–Crippen MR) is 92.3 cm³/mol. The summed E-state index contributed by atoms with van der Waals surface area (Å²) in [5, 5.41) is 2.62. The highest BCUT2D eigenvalue weighted by Crippen LogP contribution is 2.31. The Balaban J connectivity index is 1.90. The Morgan fingerprint density at radius 2 is 1.71 bits per heavy atom. The fourth-order valence-corrected chi connectivity index (χ4v) is 3.25. The largest absolute Gasteiger partial charge is 0.497 e. The molecule has 1 unspecified atom stereocenters. The van der Waals surface area contributed by atoms with Gasteiger partial charge in [-0.3, -0.25) is 0 Å². The molecule has 0 aromatic heterocycles. The van der Waals surface area contributed by atoms with E-state index in [0.29, 0.717) is 0 Å². The lowest BCUT2D eigenvalue weighted by Gasteiger charge is -2.13. The van der Waals surface area contributed by atoms with Gasteiger partial charge in [0.2, 0.25) is 0 Å². The van der Waals surface area contributed by atoms with Crippen LogP contribution in [-0.4, -0.2) is 7.11 Å². The van der Waals surface area contributed by atoms with Crippen molar-refractivity contribution < 1.29 is 4.74 Å². The Morgan fingerprint density at radius 3 is 2.57 bits per heavy atom. The minimum absolute atomic E-state index is 0.276. The van der Waals surface area contributed by atoms with E-state index in [1.165, 1.54) is 21.9 Å². The topological polar surface area (TPSA) is 9.23 Å². The van der Waals surface area contributed by atoms with Gasteiger partial charge in [-0.25, -0.2) is 0 Å². The average Bonchev–Trinajstić information content (AvgIpc) is 2.55. The molecule has 0 spiro atoms. The van der Waals surface area contributed by atoms with Gasteiger partial charge in [0.15, 0.2) is 0 Å². The van der Waals surface area contributed by atoms with Crippen LogP contribution in [0.3, 0.4) is 0 Å². The number of hydrogen-bond donors (Lipinski definition) is 0. The molecule has 0 heterocycles. The number of fused-ring (bicyclic) bond motifs is 1. The summed E-state index contributed by atoms with van der Waals surface area (Å²) >= 11 is 3.82. The summed E-state index contributed by atoms with van der Waals surface area (Å²) in [7, 11) is 1.70. The first-order valence-electron chi connectivity index (χ1n) is 7.02. The zero-order valence-electron chi connectivity index (χ0n) is 11.9. The first kappa shape index (κ1) is 14.2. The number of halogens is 1. The summed E-state index contributed by atoms with van der Waals surface area (Å²) in [6.07, 6.45) is 0.953. The molecule has 21 heavy (non-hydrogen) atoms. The van der Waals surface area contributed by atoms with E-state index in [9.17, 15) is 0 Å². The summed E-state index contributed by atoms with van der Waals surface area (Å²) in [6, 6.07) is 23.3. The van der Waals surface area contributed by atoms with Crippen LogP contribution in [0.2, 0.25) is 0 Å². The van der Waals surface area contributed by atoms with E-state index in [-0.39, 0.29) is 4.83 Å². The lowest BCUT2D eigenvalue weighted by atomic mass is 9.98. The third-order valence-electron chi connectivity index (χ3n) is 3.73. The molecule has 3 aromatic carbocycles. The highest BCUT2D eigenvalue weighted by molar-refractivity contribution is 9.09. The van der Waals surface area contributed by atoms with Crippen LogP contribution in [0.4, 0.5) is 0 Å². The van der Waals surface area contributed by atoms with Crippen LogP contribution >= 0.6 is 15.9 Å². The average molecular weight is 341 g/mol. The van der Waals surface area contributed by atoms with Crippen molar-refractivity contribution >= 4 is 26.7 Å². The first-order chi connectivity index (χ1) is 10.3. The van der Waals surface area contributed by atoms with Crippen molar-refractivity contribution in [2.75, 3.05) is 7.11 Å². The first-order valence-corrected chi connectivity index (χ1v) is 7.94. The van der Waals surface area contributed by atoms with Crippen LogP contribution in [0.1, 0.15) is 16.0 Å². The standard InChI is InChI=1S/C19H17BrO/c1-21-17-10-5-9-16(12-17)19(20)13-15-8-4-7-14-6-2-3-11-18(14)15/h2-12,19H,13H2,1H3. The van der Waals surface area contributed by atoms with Crippen LogP contribution in [0, 0.1) is 0 Å². The van der Waals surface area contributed by atoms with E-state index in [2.05, 4.69) is 70.5 Å². The molecule has 0 N–H and O–H groups in total. The molecule has 2 heteroatoms. The number of ether oxygens (including phenoxy) is 1. The van der Waals surface area contributed by atoms with Gasteiger partial charge in [-0.1, -0.05) is 70.5 Å². The maximum absolute atomic E-state index is 5.30. The van der Waals surface area contributed by atoms with Gasteiger partial charge in [0.1, 0.15) is 5.75 Å². The SMILES string of the molecule is COc1cccc(C(Br)Cc2cccc3ccccc23)c1. The van der Waals surface area contributed by atoms with Crippen molar-refractivity contribution in [2.45, 2.75) is 11.2 Å². The lowest BCUT2D eigenvalue weighted by molar-refractivity contribution is 0.414. The number of benzene rings is 3. The van der Waals surface area contributed by atoms with Crippen LogP contribution in [0.25, 0.3) is 10.8 Å². The number of methoxy groups -OCH3 is 1. The number of hydrogen-bond acceptors (Lipinski definition) is 1. The molecule has 0 radical (unpaired) electrons. The maximum Gasteiger partial charge on any atom is 0.119 e. The highest BCUT2D eigenvalue weighted by atomic mass is 79.9. The molecule has 0 aliphatic carbocycles. The molecule has 0 saturated heterocycles. The van der Waals surface area contributed by atoms with Crippen LogP contribution in [0.5, 0.6) is 5.75 Å². The fourth-order valence-electron chi connectivity index (χ4n) is 2.62. The Kier molecular flexibility index (Phi) is 4.26. The lowest BCUT2D eigenvalue weighted by Crippen LogP contribution is -1.97. The molecule has 0 bridgehead atoms. The van der Waals surface area contributed by atoms with Crippen molar-refractivity contribution in [1.82, 2.24) is 0 Å². The molecule has 0 aliphatic heterocycles. The van der Waals surface area contributed by atoms with E-state index in [1.807, 2.05) is 12.1 Å². The normalized spacial score (nSPS) is 12.3. The minimum atomic E-state index is 0.276. The summed E-state index contributed by atoms with van der Waals surface area (Å²) in [5.41, 5.74) is 2.60. The van der Waals surface area contributed by atoms with E-state index < -0.39 is 0 Å². The van der Waals surface area contributed by atoms with E-state index in [4.69, 9.17) is 4.74 Å². The summed E-state index contributed by atoms with van der Waals surface area (Å²) < 4.78 is 5.30. The van der Waals surface area contributed by atoms with Gasteiger partial charge in [-0.15, -0.1) is 0 Å². The Morgan fingerprint density at radius 1 is 0.952 bits per heavy atom. The Labute approximate surface area is 133 Å².